The molecule has 1 rings (SSSR count). The van der Waals surface area contributed by atoms with E-state index in [1.54, 1.807) is 18.2 Å². The largest absolute Gasteiger partial charge is 0.0991 e. The summed E-state index contributed by atoms with van der Waals surface area (Å²) in [6.45, 7) is 19.5. The molecule has 0 spiro atoms. The summed E-state index contributed by atoms with van der Waals surface area (Å²) < 4.78 is 0. The highest BCUT2D eigenvalue weighted by atomic mass is 14.2. The number of rotatable bonds is 7. The molecule has 0 aliphatic rings. The van der Waals surface area contributed by atoms with Gasteiger partial charge in [-0.2, -0.15) is 0 Å². The smallest absolute Gasteiger partial charge is 0.0106 e. The normalized spacial score (nSPS) is 11.4. The lowest BCUT2D eigenvalue weighted by molar-refractivity contribution is 1.31. The molecule has 1 aromatic rings. The van der Waals surface area contributed by atoms with Gasteiger partial charge in [-0.25, -0.2) is 0 Å². The SMILES string of the molecule is C=C/C=C\c1c(C)c(C=C)c(/C=C\C=C)c(/C=C\C=C)c1C. The van der Waals surface area contributed by atoms with Crippen molar-refractivity contribution in [2.75, 3.05) is 0 Å². The summed E-state index contributed by atoms with van der Waals surface area (Å²) in [5, 5.41) is 0. The topological polar surface area (TPSA) is 0 Å². The standard InChI is InChI=1S/C22H24/c1-7-11-14-20-17(5)19(10-4)22(16-13-9-3)21(18(20)6)15-12-8-2/h7-16H,1-4H2,5-6H3/b14-11-,15-12-,16-13-. The van der Waals surface area contributed by atoms with Crippen LogP contribution in [0.3, 0.4) is 0 Å². The van der Waals surface area contributed by atoms with Gasteiger partial charge in [0.15, 0.2) is 0 Å². The van der Waals surface area contributed by atoms with Gasteiger partial charge < -0.3 is 0 Å². The molecule has 0 heterocycles. The van der Waals surface area contributed by atoms with E-state index < -0.39 is 0 Å². The Labute approximate surface area is 134 Å². The summed E-state index contributed by atoms with van der Waals surface area (Å²) >= 11 is 0. The second-order valence-electron chi connectivity index (χ2n) is 4.89. The van der Waals surface area contributed by atoms with Gasteiger partial charge in [0.1, 0.15) is 0 Å². The summed E-state index contributed by atoms with van der Waals surface area (Å²) in [6.07, 6.45) is 19.4. The van der Waals surface area contributed by atoms with Crippen LogP contribution in [0, 0.1) is 13.8 Å². The Morgan fingerprint density at radius 3 is 1.41 bits per heavy atom. The van der Waals surface area contributed by atoms with Crippen LogP contribution in [0.25, 0.3) is 24.3 Å². The van der Waals surface area contributed by atoms with Crippen LogP contribution in [-0.2, 0) is 0 Å². The number of allylic oxidation sites excluding steroid dienone is 6. The van der Waals surface area contributed by atoms with Crippen molar-refractivity contribution in [2.45, 2.75) is 13.8 Å². The van der Waals surface area contributed by atoms with Gasteiger partial charge in [0.25, 0.3) is 0 Å². The fraction of sp³-hybridized carbons (Fsp3) is 0.0909. The van der Waals surface area contributed by atoms with Gasteiger partial charge in [0.2, 0.25) is 0 Å². The van der Waals surface area contributed by atoms with Crippen molar-refractivity contribution in [2.24, 2.45) is 0 Å². The van der Waals surface area contributed by atoms with Crippen molar-refractivity contribution in [1.82, 2.24) is 0 Å². The van der Waals surface area contributed by atoms with Gasteiger partial charge in [-0.3, -0.25) is 0 Å². The number of hydrogen-bond donors (Lipinski definition) is 0. The van der Waals surface area contributed by atoms with Crippen molar-refractivity contribution in [1.29, 1.82) is 0 Å². The van der Waals surface area contributed by atoms with Gasteiger partial charge in [-0.1, -0.05) is 87.1 Å². The third-order valence-electron chi connectivity index (χ3n) is 3.60. The van der Waals surface area contributed by atoms with Gasteiger partial charge >= 0.3 is 0 Å². The maximum absolute atomic E-state index is 3.98. The Hall–Kier alpha value is -2.60. The van der Waals surface area contributed by atoms with Gasteiger partial charge in [-0.05, 0) is 47.2 Å². The van der Waals surface area contributed by atoms with Crippen LogP contribution in [0.15, 0.2) is 62.8 Å². The Balaban J connectivity index is 3.84. The Morgan fingerprint density at radius 1 is 0.545 bits per heavy atom. The zero-order valence-corrected chi connectivity index (χ0v) is 13.6. The van der Waals surface area contributed by atoms with Crippen LogP contribution in [0.5, 0.6) is 0 Å². The third-order valence-corrected chi connectivity index (χ3v) is 3.60. The van der Waals surface area contributed by atoms with E-state index in [9.17, 15) is 0 Å². The molecule has 0 aliphatic heterocycles. The second kappa shape index (κ2) is 8.63. The summed E-state index contributed by atoms with van der Waals surface area (Å²) in [4.78, 5) is 0. The monoisotopic (exact) mass is 288 g/mol. The quantitative estimate of drug-likeness (QED) is 0.499. The van der Waals surface area contributed by atoms with E-state index in [1.807, 2.05) is 24.3 Å². The minimum absolute atomic E-state index is 1.14. The molecule has 1 aromatic carbocycles. The van der Waals surface area contributed by atoms with Crippen molar-refractivity contribution in [3.63, 3.8) is 0 Å². The summed E-state index contributed by atoms with van der Waals surface area (Å²) in [5.74, 6) is 0. The summed E-state index contributed by atoms with van der Waals surface area (Å²) in [5.41, 5.74) is 7.10. The molecule has 0 nitrogen and oxygen atoms in total. The van der Waals surface area contributed by atoms with E-state index in [0.29, 0.717) is 0 Å². The van der Waals surface area contributed by atoms with Crippen LogP contribution in [0.2, 0.25) is 0 Å². The molecule has 0 N–H and O–H groups in total. The molecule has 0 fully saturated rings. The highest BCUT2D eigenvalue weighted by Crippen LogP contribution is 2.31. The van der Waals surface area contributed by atoms with Crippen LogP contribution in [0.1, 0.15) is 33.4 Å². The third kappa shape index (κ3) is 3.73. The average Bonchev–Trinajstić information content (AvgIpc) is 2.52. The van der Waals surface area contributed by atoms with E-state index in [1.165, 1.54) is 22.3 Å². The molecule has 112 valence electrons. The predicted octanol–water partition coefficient (Wildman–Crippen LogP) is 6.54. The zero-order chi connectivity index (χ0) is 16.5. The number of benzene rings is 1. The Morgan fingerprint density at radius 2 is 0.955 bits per heavy atom. The Bertz CT molecular complexity index is 677. The molecule has 0 unspecified atom stereocenters. The first-order chi connectivity index (χ1) is 10.6. The molecule has 0 aliphatic carbocycles. The van der Waals surface area contributed by atoms with Crippen LogP contribution >= 0.6 is 0 Å². The lowest BCUT2D eigenvalue weighted by atomic mass is 9.86. The first-order valence-corrected chi connectivity index (χ1v) is 7.29. The molecule has 0 radical (unpaired) electrons. The Kier molecular flexibility index (Phi) is 6.85. The highest BCUT2D eigenvalue weighted by Gasteiger charge is 2.13. The lowest BCUT2D eigenvalue weighted by Gasteiger charge is -2.18. The minimum Gasteiger partial charge on any atom is -0.0991 e. The van der Waals surface area contributed by atoms with Crippen LogP contribution in [0.4, 0.5) is 0 Å². The first-order valence-electron chi connectivity index (χ1n) is 7.29. The fourth-order valence-electron chi connectivity index (χ4n) is 2.52. The predicted molar refractivity (Wildman–Crippen MR) is 104 cm³/mol. The fourth-order valence-corrected chi connectivity index (χ4v) is 2.52. The zero-order valence-electron chi connectivity index (χ0n) is 13.6. The van der Waals surface area contributed by atoms with Crippen molar-refractivity contribution < 1.29 is 0 Å². The average molecular weight is 288 g/mol. The minimum atomic E-state index is 1.14. The molecule has 0 saturated heterocycles. The number of hydrogen-bond acceptors (Lipinski definition) is 0. The molecule has 0 atom stereocenters. The molecular weight excluding hydrogens is 264 g/mol. The van der Waals surface area contributed by atoms with Crippen LogP contribution in [-0.4, -0.2) is 0 Å². The molecular formula is C22H24. The highest BCUT2D eigenvalue weighted by molar-refractivity contribution is 5.82. The molecule has 0 amide bonds. The van der Waals surface area contributed by atoms with E-state index in [0.717, 1.165) is 11.1 Å². The maximum atomic E-state index is 3.98. The lowest BCUT2D eigenvalue weighted by Crippen LogP contribution is -1.99. The first kappa shape index (κ1) is 17.5. The van der Waals surface area contributed by atoms with E-state index in [-0.39, 0.29) is 0 Å². The van der Waals surface area contributed by atoms with Crippen molar-refractivity contribution in [3.05, 3.63) is 96.2 Å². The molecule has 0 heteroatoms. The second-order valence-corrected chi connectivity index (χ2v) is 4.89. The maximum Gasteiger partial charge on any atom is -0.0106 e. The summed E-state index contributed by atoms with van der Waals surface area (Å²) in [7, 11) is 0. The molecule has 0 saturated carbocycles. The van der Waals surface area contributed by atoms with Crippen molar-refractivity contribution >= 4 is 24.3 Å². The van der Waals surface area contributed by atoms with Crippen molar-refractivity contribution in [3.8, 4) is 0 Å². The molecule has 22 heavy (non-hydrogen) atoms. The van der Waals surface area contributed by atoms with E-state index >= 15 is 0 Å². The molecule has 0 aromatic heterocycles. The van der Waals surface area contributed by atoms with Gasteiger partial charge in [-0.15, -0.1) is 0 Å². The summed E-state index contributed by atoms with van der Waals surface area (Å²) in [6, 6.07) is 0. The van der Waals surface area contributed by atoms with Gasteiger partial charge in [0.05, 0.1) is 0 Å². The van der Waals surface area contributed by atoms with E-state index in [2.05, 4.69) is 58.4 Å². The van der Waals surface area contributed by atoms with Gasteiger partial charge in [0, 0.05) is 0 Å². The van der Waals surface area contributed by atoms with Crippen LogP contribution < -0.4 is 0 Å². The molecule has 0 bridgehead atoms. The van der Waals surface area contributed by atoms with E-state index in [4.69, 9.17) is 0 Å².